The lowest BCUT2D eigenvalue weighted by Crippen LogP contribution is -2.19. The van der Waals surface area contributed by atoms with Crippen LogP contribution in [0, 0.1) is 17.3 Å². The van der Waals surface area contributed by atoms with Gasteiger partial charge in [0.2, 0.25) is 5.91 Å². The van der Waals surface area contributed by atoms with Gasteiger partial charge in [-0.2, -0.15) is 0 Å². The molecule has 1 fully saturated rings. The maximum atomic E-state index is 12.8. The Bertz CT molecular complexity index is 930. The first-order chi connectivity index (χ1) is 12.7. The summed E-state index contributed by atoms with van der Waals surface area (Å²) in [7, 11) is 1.52. The van der Waals surface area contributed by atoms with E-state index < -0.39 is 35.1 Å². The highest BCUT2D eigenvalue weighted by Gasteiger charge is 2.66. The third-order valence-electron chi connectivity index (χ3n) is 5.11. The van der Waals surface area contributed by atoms with E-state index in [-0.39, 0.29) is 18.0 Å². The highest BCUT2D eigenvalue weighted by atomic mass is 16.5. The number of amides is 1. The van der Waals surface area contributed by atoms with Crippen LogP contribution in [0.15, 0.2) is 18.2 Å². The van der Waals surface area contributed by atoms with Crippen molar-refractivity contribution in [1.82, 2.24) is 4.98 Å². The van der Waals surface area contributed by atoms with Crippen molar-refractivity contribution in [2.45, 2.75) is 20.8 Å². The van der Waals surface area contributed by atoms with Gasteiger partial charge in [-0.3, -0.25) is 9.59 Å². The van der Waals surface area contributed by atoms with E-state index in [4.69, 9.17) is 9.47 Å². The van der Waals surface area contributed by atoms with Gasteiger partial charge in [-0.05, 0) is 30.5 Å². The minimum atomic E-state index is -1.01. The van der Waals surface area contributed by atoms with Crippen molar-refractivity contribution in [2.75, 3.05) is 19.0 Å². The molecule has 1 aromatic heterocycles. The first-order valence-corrected chi connectivity index (χ1v) is 8.62. The maximum absolute atomic E-state index is 12.8. The first kappa shape index (κ1) is 18.8. The van der Waals surface area contributed by atoms with E-state index in [1.807, 2.05) is 0 Å². The van der Waals surface area contributed by atoms with Gasteiger partial charge in [0.05, 0.1) is 31.2 Å². The molecule has 1 amide bonds. The van der Waals surface area contributed by atoms with E-state index >= 15 is 0 Å². The number of carbonyl (C=O) groups excluding carboxylic acids is 2. The minimum Gasteiger partial charge on any atom is -0.497 e. The fourth-order valence-electron chi connectivity index (χ4n) is 3.57. The Morgan fingerprint density at radius 3 is 2.52 bits per heavy atom. The number of rotatable bonds is 6. The normalized spacial score (nSPS) is 20.1. The van der Waals surface area contributed by atoms with Gasteiger partial charge in [-0.25, -0.2) is 4.79 Å². The first-order valence-electron chi connectivity index (χ1n) is 8.62. The van der Waals surface area contributed by atoms with Crippen LogP contribution in [0.4, 0.5) is 5.69 Å². The molecule has 144 valence electrons. The molecule has 1 saturated carbocycles. The van der Waals surface area contributed by atoms with Crippen LogP contribution in [0.5, 0.6) is 5.75 Å². The summed E-state index contributed by atoms with van der Waals surface area (Å²) in [5.74, 6) is -2.94. The Morgan fingerprint density at radius 1 is 1.26 bits per heavy atom. The second kappa shape index (κ2) is 6.61. The number of ether oxygens (including phenoxy) is 2. The molecule has 1 aliphatic carbocycles. The number of H-pyrrole nitrogens is 1. The number of hydrogen-bond acceptors (Lipinski definition) is 5. The number of methoxy groups -OCH3 is 1. The maximum Gasteiger partial charge on any atom is 0.356 e. The summed E-state index contributed by atoms with van der Waals surface area (Å²) in [5.41, 5.74) is 0.348. The molecule has 3 rings (SSSR count). The molecule has 0 radical (unpaired) electrons. The number of anilines is 1. The van der Waals surface area contributed by atoms with E-state index in [0.29, 0.717) is 16.7 Å². The highest BCUT2D eigenvalue weighted by Crippen LogP contribution is 2.58. The van der Waals surface area contributed by atoms with Crippen LogP contribution in [0.1, 0.15) is 31.3 Å². The Balaban J connectivity index is 2.01. The van der Waals surface area contributed by atoms with Crippen molar-refractivity contribution < 1.29 is 29.0 Å². The van der Waals surface area contributed by atoms with Crippen molar-refractivity contribution >= 4 is 34.4 Å². The van der Waals surface area contributed by atoms with E-state index in [1.54, 1.807) is 39.0 Å². The van der Waals surface area contributed by atoms with Crippen molar-refractivity contribution in [3.8, 4) is 5.75 Å². The second-order valence-corrected chi connectivity index (χ2v) is 7.11. The largest absolute Gasteiger partial charge is 0.497 e. The number of aromatic nitrogens is 1. The summed E-state index contributed by atoms with van der Waals surface area (Å²) in [5, 5.41) is 12.6. The van der Waals surface area contributed by atoms with Gasteiger partial charge >= 0.3 is 11.9 Å². The Kier molecular flexibility index (Phi) is 4.59. The lowest BCUT2D eigenvalue weighted by Gasteiger charge is -2.08. The van der Waals surface area contributed by atoms with Gasteiger partial charge in [0.15, 0.2) is 0 Å². The van der Waals surface area contributed by atoms with E-state index in [9.17, 15) is 19.5 Å². The molecule has 3 N–H and O–H groups in total. The molecule has 0 spiro atoms. The Morgan fingerprint density at radius 2 is 1.96 bits per heavy atom. The van der Waals surface area contributed by atoms with Crippen LogP contribution in [0.2, 0.25) is 0 Å². The molecule has 8 nitrogen and oxygen atoms in total. The Hall–Kier alpha value is -3.03. The zero-order valence-electron chi connectivity index (χ0n) is 15.6. The number of carboxylic acid groups (broad SMARTS) is 1. The van der Waals surface area contributed by atoms with E-state index in [1.165, 1.54) is 7.11 Å². The number of esters is 1. The average molecular weight is 374 g/mol. The standard InChI is InChI=1S/C19H22N2O6/c1-5-27-18(25)15-14(10-8-9(26-4)6-7-11(10)20-15)21-16(22)12-13(17(23)24)19(12,2)3/h6-8,12-13,20H,5H2,1-4H3,(H,21,22)(H,23,24)/t12-,13-/m1/s1. The highest BCUT2D eigenvalue weighted by molar-refractivity contribution is 6.12. The molecule has 2 aromatic rings. The number of aromatic amines is 1. The molecule has 0 aliphatic heterocycles. The van der Waals surface area contributed by atoms with E-state index in [0.717, 1.165) is 0 Å². The SMILES string of the molecule is CCOC(=O)c1[nH]c2ccc(OC)cc2c1NC(=O)[C@H]1[C@H](C(=O)O)C1(C)C. The smallest absolute Gasteiger partial charge is 0.356 e. The molecule has 0 saturated heterocycles. The van der Waals surface area contributed by atoms with Crippen molar-refractivity contribution in [3.05, 3.63) is 23.9 Å². The van der Waals surface area contributed by atoms with Gasteiger partial charge in [-0.15, -0.1) is 0 Å². The molecule has 1 heterocycles. The van der Waals surface area contributed by atoms with Gasteiger partial charge in [-0.1, -0.05) is 13.8 Å². The molecular formula is C19H22N2O6. The topological polar surface area (TPSA) is 118 Å². The summed E-state index contributed by atoms with van der Waals surface area (Å²) in [6.45, 7) is 5.34. The van der Waals surface area contributed by atoms with Crippen molar-refractivity contribution in [1.29, 1.82) is 0 Å². The van der Waals surface area contributed by atoms with Gasteiger partial charge in [0, 0.05) is 10.9 Å². The second-order valence-electron chi connectivity index (χ2n) is 7.11. The van der Waals surface area contributed by atoms with Gasteiger partial charge < -0.3 is 24.9 Å². The fraction of sp³-hybridized carbons (Fsp3) is 0.421. The van der Waals surface area contributed by atoms with Crippen molar-refractivity contribution in [3.63, 3.8) is 0 Å². The zero-order chi connectivity index (χ0) is 19.9. The monoisotopic (exact) mass is 374 g/mol. The minimum absolute atomic E-state index is 0.110. The van der Waals surface area contributed by atoms with Crippen LogP contribution in [0.3, 0.4) is 0 Å². The molecule has 2 atom stereocenters. The summed E-state index contributed by atoms with van der Waals surface area (Å²) in [6, 6.07) is 5.15. The predicted octanol–water partition coefficient (Wildman–Crippen LogP) is 2.65. The lowest BCUT2D eigenvalue weighted by molar-refractivity contribution is -0.140. The van der Waals surface area contributed by atoms with Crippen LogP contribution >= 0.6 is 0 Å². The molecule has 1 aliphatic rings. The summed E-state index contributed by atoms with van der Waals surface area (Å²) < 4.78 is 10.3. The number of carbonyl (C=O) groups is 3. The van der Waals surface area contributed by atoms with E-state index in [2.05, 4.69) is 10.3 Å². The molecule has 1 aromatic carbocycles. The third kappa shape index (κ3) is 3.11. The molecule has 0 unspecified atom stereocenters. The Labute approximate surface area is 155 Å². The lowest BCUT2D eigenvalue weighted by atomic mass is 10.1. The van der Waals surface area contributed by atoms with Crippen LogP contribution in [-0.2, 0) is 14.3 Å². The summed E-state index contributed by atoms with van der Waals surface area (Å²) >= 11 is 0. The molecule has 0 bridgehead atoms. The predicted molar refractivity (Wildman–Crippen MR) is 97.8 cm³/mol. The molecule has 8 heteroatoms. The summed E-state index contributed by atoms with van der Waals surface area (Å²) in [4.78, 5) is 39.4. The van der Waals surface area contributed by atoms with Crippen LogP contribution in [0.25, 0.3) is 10.9 Å². The number of hydrogen-bond donors (Lipinski definition) is 3. The van der Waals surface area contributed by atoms with Crippen LogP contribution in [-0.4, -0.2) is 41.7 Å². The zero-order valence-corrected chi connectivity index (χ0v) is 15.6. The fourth-order valence-corrected chi connectivity index (χ4v) is 3.57. The average Bonchev–Trinajstić information content (AvgIpc) is 3.03. The number of benzene rings is 1. The number of fused-ring (bicyclic) bond motifs is 1. The van der Waals surface area contributed by atoms with Gasteiger partial charge in [0.1, 0.15) is 11.4 Å². The number of aliphatic carboxylic acids is 1. The van der Waals surface area contributed by atoms with Crippen LogP contribution < -0.4 is 10.1 Å². The molecular weight excluding hydrogens is 352 g/mol. The van der Waals surface area contributed by atoms with Gasteiger partial charge in [0.25, 0.3) is 0 Å². The summed E-state index contributed by atoms with van der Waals surface area (Å²) in [6.07, 6.45) is 0. The van der Waals surface area contributed by atoms with Crippen molar-refractivity contribution in [2.24, 2.45) is 17.3 Å². The third-order valence-corrected chi connectivity index (χ3v) is 5.11. The number of carboxylic acids is 1. The molecule has 27 heavy (non-hydrogen) atoms. The number of nitrogens with one attached hydrogen (secondary N) is 2. The quantitative estimate of drug-likeness (QED) is 0.669.